The number of nitrogens with two attached hydrogens (primary N) is 1. The Morgan fingerprint density at radius 1 is 1.29 bits per heavy atom. The molecule has 1 saturated carbocycles. The second-order valence-corrected chi connectivity index (χ2v) is 8.86. The first-order chi connectivity index (χ1) is 10.9. The number of sulfonamides is 1. The monoisotopic (exact) mass is 394 g/mol. The Balaban J connectivity index is 1.96. The van der Waals surface area contributed by atoms with E-state index < -0.39 is 37.8 Å². The average molecular weight is 395 g/mol. The minimum Gasteiger partial charge on any atom is -0.452 e. The molecule has 0 heterocycles. The molecule has 1 amide bonds. The van der Waals surface area contributed by atoms with Gasteiger partial charge >= 0.3 is 5.97 Å². The molecule has 2 atom stereocenters. The van der Waals surface area contributed by atoms with Crippen molar-refractivity contribution in [2.75, 3.05) is 5.32 Å². The fourth-order valence-corrected chi connectivity index (χ4v) is 3.14. The van der Waals surface area contributed by atoms with Crippen LogP contribution >= 0.6 is 23.2 Å². The zero-order valence-electron chi connectivity index (χ0n) is 12.9. The summed E-state index contributed by atoms with van der Waals surface area (Å²) in [6, 6.07) is 5.25. The van der Waals surface area contributed by atoms with E-state index in [9.17, 15) is 18.0 Å². The van der Waals surface area contributed by atoms with Gasteiger partial charge in [-0.3, -0.25) is 9.59 Å². The number of alkyl halides is 2. The molecule has 1 aromatic rings. The van der Waals surface area contributed by atoms with Crippen molar-refractivity contribution in [3.63, 3.8) is 0 Å². The van der Waals surface area contributed by atoms with E-state index in [2.05, 4.69) is 5.32 Å². The normalized spacial score (nSPS) is 23.2. The maximum Gasteiger partial charge on any atom is 0.315 e. The van der Waals surface area contributed by atoms with Gasteiger partial charge in [-0.1, -0.05) is 0 Å². The van der Waals surface area contributed by atoms with Crippen LogP contribution < -0.4 is 10.5 Å². The third-order valence-corrected chi connectivity index (χ3v) is 5.84. The maximum absolute atomic E-state index is 12.0. The van der Waals surface area contributed by atoms with Gasteiger partial charge in [0.05, 0.1) is 4.90 Å². The third-order valence-electron chi connectivity index (χ3n) is 3.81. The summed E-state index contributed by atoms with van der Waals surface area (Å²) in [5, 5.41) is 7.49. The molecule has 0 unspecified atom stereocenters. The third kappa shape index (κ3) is 3.83. The van der Waals surface area contributed by atoms with Gasteiger partial charge in [0.2, 0.25) is 10.0 Å². The van der Waals surface area contributed by atoms with Gasteiger partial charge in [-0.25, -0.2) is 13.6 Å². The number of halogens is 2. The first-order valence-corrected chi connectivity index (χ1v) is 9.20. The van der Waals surface area contributed by atoms with Crippen molar-refractivity contribution in [2.24, 2.45) is 10.6 Å². The molecule has 10 heteroatoms. The van der Waals surface area contributed by atoms with Gasteiger partial charge in [-0.15, -0.1) is 23.2 Å². The summed E-state index contributed by atoms with van der Waals surface area (Å²) < 4.78 is 26.2. The highest BCUT2D eigenvalue weighted by Gasteiger charge is 2.69. The molecule has 0 aliphatic heterocycles. The predicted octanol–water partition coefficient (Wildman–Crippen LogP) is 1.79. The lowest BCUT2D eigenvalue weighted by atomic mass is 10.1. The minimum atomic E-state index is -3.81. The van der Waals surface area contributed by atoms with E-state index in [0.717, 1.165) is 0 Å². The van der Waals surface area contributed by atoms with Crippen LogP contribution in [-0.4, -0.2) is 30.7 Å². The number of amides is 1. The number of primary sulfonamides is 1. The number of benzene rings is 1. The van der Waals surface area contributed by atoms with Crippen molar-refractivity contribution in [1.82, 2.24) is 0 Å². The van der Waals surface area contributed by atoms with Gasteiger partial charge in [0.25, 0.3) is 5.91 Å². The van der Waals surface area contributed by atoms with Crippen LogP contribution in [0.2, 0.25) is 0 Å². The van der Waals surface area contributed by atoms with E-state index in [1.807, 2.05) is 0 Å². The molecule has 0 bridgehead atoms. The lowest BCUT2D eigenvalue weighted by molar-refractivity contribution is -0.158. The predicted molar refractivity (Wildman–Crippen MR) is 89.2 cm³/mol. The maximum atomic E-state index is 12.0. The highest BCUT2D eigenvalue weighted by atomic mass is 35.5. The molecule has 1 fully saturated rings. The summed E-state index contributed by atoms with van der Waals surface area (Å²) in [6.45, 7) is 2.97. The second-order valence-electron chi connectivity index (χ2n) is 5.82. The molecule has 0 radical (unpaired) electrons. The summed E-state index contributed by atoms with van der Waals surface area (Å²) in [6.07, 6.45) is -0.817. The minimum absolute atomic E-state index is 0.0813. The van der Waals surface area contributed by atoms with Gasteiger partial charge < -0.3 is 10.1 Å². The fraction of sp³-hybridized carbons (Fsp3) is 0.429. The quantitative estimate of drug-likeness (QED) is 0.583. The van der Waals surface area contributed by atoms with Crippen LogP contribution in [-0.2, 0) is 24.3 Å². The van der Waals surface area contributed by atoms with E-state index in [-0.39, 0.29) is 11.3 Å². The summed E-state index contributed by atoms with van der Waals surface area (Å²) in [5.41, 5.74) is -0.695. The van der Waals surface area contributed by atoms with Crippen LogP contribution in [0.5, 0.6) is 0 Å². The number of ether oxygens (including phenoxy) is 1. The molecule has 0 aromatic heterocycles. The van der Waals surface area contributed by atoms with Gasteiger partial charge in [0.1, 0.15) is 9.75 Å². The van der Waals surface area contributed by atoms with Crippen molar-refractivity contribution in [2.45, 2.75) is 35.6 Å². The highest BCUT2D eigenvalue weighted by Crippen LogP contribution is 2.64. The van der Waals surface area contributed by atoms with Crippen molar-refractivity contribution in [1.29, 1.82) is 0 Å². The van der Waals surface area contributed by atoms with Gasteiger partial charge in [0.15, 0.2) is 6.10 Å². The fourth-order valence-electron chi connectivity index (χ4n) is 1.94. The molecule has 2 rings (SSSR count). The first-order valence-electron chi connectivity index (χ1n) is 6.89. The standard InChI is InChI=1S/C14H16Cl2N2O5S/c1-8(23-12(20)13(2)7-14(13,15)16)11(19)18-9-3-5-10(6-4-9)24(17,21)22/h3-6,8H,7H2,1-2H3,(H,18,19)(H2,17,21,22)/t8-,13+/m1/s1. The van der Waals surface area contributed by atoms with E-state index in [0.29, 0.717) is 5.69 Å². The molecule has 1 aliphatic rings. The first kappa shape index (κ1) is 19.0. The summed E-state index contributed by atoms with van der Waals surface area (Å²) in [5.74, 6) is -1.23. The second kappa shape index (κ2) is 6.18. The van der Waals surface area contributed by atoms with E-state index in [1.54, 1.807) is 6.92 Å². The number of nitrogens with one attached hydrogen (secondary N) is 1. The zero-order chi connectivity index (χ0) is 18.3. The molecule has 132 valence electrons. The smallest absolute Gasteiger partial charge is 0.315 e. The van der Waals surface area contributed by atoms with Crippen molar-refractivity contribution < 1.29 is 22.7 Å². The molecular formula is C14H16Cl2N2O5S. The average Bonchev–Trinajstić information content (AvgIpc) is 2.98. The number of anilines is 1. The SMILES string of the molecule is C[C@@H](OC(=O)[C@]1(C)CC1(Cl)Cl)C(=O)Nc1ccc(S(N)(=O)=O)cc1. The van der Waals surface area contributed by atoms with Gasteiger partial charge in [-0.2, -0.15) is 0 Å². The largest absolute Gasteiger partial charge is 0.452 e. The summed E-state index contributed by atoms with van der Waals surface area (Å²) >= 11 is 11.8. The Kier molecular flexibility index (Phi) is 4.89. The lowest BCUT2D eigenvalue weighted by Crippen LogP contribution is -2.33. The Bertz CT molecular complexity index is 779. The van der Waals surface area contributed by atoms with Crippen LogP contribution in [0.4, 0.5) is 5.69 Å². The number of carbonyl (C=O) groups is 2. The number of rotatable bonds is 5. The molecule has 0 saturated heterocycles. The zero-order valence-corrected chi connectivity index (χ0v) is 15.2. The van der Waals surface area contributed by atoms with Crippen molar-refractivity contribution in [3.8, 4) is 0 Å². The number of hydrogen-bond donors (Lipinski definition) is 2. The lowest BCUT2D eigenvalue weighted by Gasteiger charge is -2.17. The van der Waals surface area contributed by atoms with Crippen molar-refractivity contribution >= 4 is 50.8 Å². The summed E-state index contributed by atoms with van der Waals surface area (Å²) in [4.78, 5) is 24.0. The molecule has 0 spiro atoms. The molecule has 7 nitrogen and oxygen atoms in total. The van der Waals surface area contributed by atoms with Crippen LogP contribution in [0, 0.1) is 5.41 Å². The number of esters is 1. The molecule has 3 N–H and O–H groups in total. The van der Waals surface area contributed by atoms with E-state index in [4.69, 9.17) is 33.1 Å². The van der Waals surface area contributed by atoms with Crippen LogP contribution in [0.1, 0.15) is 20.3 Å². The van der Waals surface area contributed by atoms with Gasteiger partial charge in [-0.05, 0) is 38.1 Å². The molecule has 1 aromatic carbocycles. The van der Waals surface area contributed by atoms with Crippen LogP contribution in [0.25, 0.3) is 0 Å². The summed E-state index contributed by atoms with van der Waals surface area (Å²) in [7, 11) is -3.81. The van der Waals surface area contributed by atoms with E-state index in [1.165, 1.54) is 31.2 Å². The van der Waals surface area contributed by atoms with E-state index >= 15 is 0 Å². The van der Waals surface area contributed by atoms with Crippen LogP contribution in [0.15, 0.2) is 29.2 Å². The van der Waals surface area contributed by atoms with Crippen LogP contribution in [0.3, 0.4) is 0 Å². The Morgan fingerprint density at radius 2 is 1.79 bits per heavy atom. The van der Waals surface area contributed by atoms with Crippen molar-refractivity contribution in [3.05, 3.63) is 24.3 Å². The highest BCUT2D eigenvalue weighted by molar-refractivity contribution is 7.89. The Labute approximate surface area is 149 Å². The molecular weight excluding hydrogens is 379 g/mol. The number of carbonyl (C=O) groups excluding carboxylic acids is 2. The Morgan fingerprint density at radius 3 is 2.21 bits per heavy atom. The topological polar surface area (TPSA) is 116 Å². The number of hydrogen-bond acceptors (Lipinski definition) is 5. The molecule has 1 aliphatic carbocycles. The Hall–Kier alpha value is -1.35. The molecule has 24 heavy (non-hydrogen) atoms. The van der Waals surface area contributed by atoms with Gasteiger partial charge in [0, 0.05) is 12.1 Å².